The Morgan fingerprint density at radius 2 is 2.27 bits per heavy atom. The van der Waals surface area contributed by atoms with Crippen molar-refractivity contribution in [3.05, 3.63) is 29.6 Å². The third kappa shape index (κ3) is 2.77. The normalized spacial score (nSPS) is 11.4. The molecule has 0 bridgehead atoms. The van der Waals surface area contributed by atoms with E-state index in [9.17, 15) is 4.79 Å². The maximum absolute atomic E-state index is 10.6. The van der Waals surface area contributed by atoms with Crippen molar-refractivity contribution in [1.82, 2.24) is 4.98 Å². The Bertz CT molecular complexity index is 371. The maximum atomic E-state index is 10.6. The molecule has 80 valence electrons. The summed E-state index contributed by atoms with van der Waals surface area (Å²) in [4.78, 5) is 14.5. The molecule has 0 amide bonds. The Labute approximate surface area is 87.1 Å². The highest BCUT2D eigenvalue weighted by atomic mass is 16.4. The molecule has 0 atom stereocenters. The summed E-state index contributed by atoms with van der Waals surface area (Å²) in [6.45, 7) is 1.96. The second kappa shape index (κ2) is 5.09. The van der Waals surface area contributed by atoms with Crippen LogP contribution in [-0.4, -0.2) is 27.0 Å². The predicted molar refractivity (Wildman–Crippen MR) is 54.4 cm³/mol. The minimum Gasteiger partial charge on any atom is -0.478 e. The van der Waals surface area contributed by atoms with Gasteiger partial charge in [-0.05, 0) is 18.6 Å². The molecule has 1 rings (SSSR count). The largest absolute Gasteiger partial charge is 0.478 e. The third-order valence-electron chi connectivity index (χ3n) is 1.91. The number of aromatic carboxylic acids is 1. The van der Waals surface area contributed by atoms with Crippen molar-refractivity contribution in [3.8, 4) is 0 Å². The third-order valence-corrected chi connectivity index (χ3v) is 1.91. The van der Waals surface area contributed by atoms with Crippen molar-refractivity contribution < 1.29 is 15.1 Å². The number of carbonyl (C=O) groups is 1. The van der Waals surface area contributed by atoms with Crippen molar-refractivity contribution in [2.75, 3.05) is 0 Å². The first kappa shape index (κ1) is 11.2. The first-order chi connectivity index (χ1) is 7.19. The molecule has 0 saturated carbocycles. The molecule has 5 nitrogen and oxygen atoms in total. The Morgan fingerprint density at radius 3 is 2.67 bits per heavy atom. The van der Waals surface area contributed by atoms with Crippen LogP contribution in [-0.2, 0) is 0 Å². The van der Waals surface area contributed by atoms with Crippen LogP contribution in [0.1, 0.15) is 35.8 Å². The van der Waals surface area contributed by atoms with Gasteiger partial charge in [-0.3, -0.25) is 4.98 Å². The Balaban J connectivity index is 2.92. The standard InChI is InChI=1S/C10H12N2O3/c1-2-3-9(12-15)8-5-4-7(6-11-8)10(13)14/h4-6,15H,2-3H2,1H3,(H,13,14). The Hall–Kier alpha value is -1.91. The number of rotatable bonds is 4. The van der Waals surface area contributed by atoms with Gasteiger partial charge in [0.25, 0.3) is 0 Å². The van der Waals surface area contributed by atoms with Crippen molar-refractivity contribution >= 4 is 11.7 Å². The average molecular weight is 208 g/mol. The SMILES string of the molecule is CCCC(=NO)c1ccc(C(=O)O)cn1. The molecule has 15 heavy (non-hydrogen) atoms. The quantitative estimate of drug-likeness (QED) is 0.448. The van der Waals surface area contributed by atoms with Crippen molar-refractivity contribution in [2.45, 2.75) is 19.8 Å². The van der Waals surface area contributed by atoms with E-state index in [-0.39, 0.29) is 5.56 Å². The van der Waals surface area contributed by atoms with Crippen LogP contribution in [0, 0.1) is 0 Å². The fraction of sp³-hybridized carbons (Fsp3) is 0.300. The van der Waals surface area contributed by atoms with Crippen LogP contribution < -0.4 is 0 Å². The van der Waals surface area contributed by atoms with Gasteiger partial charge in [0.15, 0.2) is 0 Å². The smallest absolute Gasteiger partial charge is 0.337 e. The molecule has 2 N–H and O–H groups in total. The van der Waals surface area contributed by atoms with Crippen LogP contribution in [0.2, 0.25) is 0 Å². The summed E-state index contributed by atoms with van der Waals surface area (Å²) in [5.74, 6) is -1.02. The zero-order chi connectivity index (χ0) is 11.3. The van der Waals surface area contributed by atoms with E-state index >= 15 is 0 Å². The van der Waals surface area contributed by atoms with E-state index < -0.39 is 5.97 Å². The minimum atomic E-state index is -1.02. The lowest BCUT2D eigenvalue weighted by Crippen LogP contribution is -2.05. The van der Waals surface area contributed by atoms with Crippen LogP contribution in [0.4, 0.5) is 0 Å². The molecule has 0 saturated heterocycles. The second-order valence-corrected chi connectivity index (χ2v) is 3.03. The molecule has 0 aliphatic heterocycles. The predicted octanol–water partition coefficient (Wildman–Crippen LogP) is 1.76. The van der Waals surface area contributed by atoms with Gasteiger partial charge in [-0.1, -0.05) is 18.5 Å². The summed E-state index contributed by atoms with van der Waals surface area (Å²) in [5.41, 5.74) is 1.09. The van der Waals surface area contributed by atoms with Gasteiger partial charge in [0.2, 0.25) is 0 Å². The molecule has 0 radical (unpaired) electrons. The molecule has 0 aromatic carbocycles. The van der Waals surface area contributed by atoms with Gasteiger partial charge in [0, 0.05) is 6.20 Å². The number of carboxylic acid groups (broad SMARTS) is 1. The van der Waals surface area contributed by atoms with E-state index in [1.165, 1.54) is 18.3 Å². The highest BCUT2D eigenvalue weighted by Crippen LogP contribution is 2.05. The minimum absolute atomic E-state index is 0.118. The van der Waals surface area contributed by atoms with Gasteiger partial charge in [-0.25, -0.2) is 4.79 Å². The van der Waals surface area contributed by atoms with Crippen molar-refractivity contribution in [1.29, 1.82) is 0 Å². The lowest BCUT2D eigenvalue weighted by molar-refractivity contribution is 0.0696. The summed E-state index contributed by atoms with van der Waals surface area (Å²) in [6, 6.07) is 2.97. The molecular weight excluding hydrogens is 196 g/mol. The first-order valence-corrected chi connectivity index (χ1v) is 4.59. The zero-order valence-corrected chi connectivity index (χ0v) is 8.34. The molecule has 5 heteroatoms. The van der Waals surface area contributed by atoms with E-state index in [2.05, 4.69) is 10.1 Å². The number of aromatic nitrogens is 1. The van der Waals surface area contributed by atoms with Crippen LogP contribution in [0.15, 0.2) is 23.5 Å². The van der Waals surface area contributed by atoms with Crippen LogP contribution in [0.25, 0.3) is 0 Å². The number of pyridine rings is 1. The molecular formula is C10H12N2O3. The van der Waals surface area contributed by atoms with E-state index in [4.69, 9.17) is 10.3 Å². The lowest BCUT2D eigenvalue weighted by Gasteiger charge is -2.01. The second-order valence-electron chi connectivity index (χ2n) is 3.03. The number of hydrogen-bond donors (Lipinski definition) is 2. The highest BCUT2D eigenvalue weighted by molar-refractivity contribution is 5.99. The highest BCUT2D eigenvalue weighted by Gasteiger charge is 2.07. The molecule has 0 fully saturated rings. The van der Waals surface area contributed by atoms with E-state index in [0.717, 1.165) is 6.42 Å². The number of hydrogen-bond acceptors (Lipinski definition) is 4. The molecule has 1 aromatic rings. The van der Waals surface area contributed by atoms with Crippen molar-refractivity contribution in [2.24, 2.45) is 5.16 Å². The summed E-state index contributed by atoms with van der Waals surface area (Å²) in [6.07, 6.45) is 2.69. The Kier molecular flexibility index (Phi) is 3.79. The van der Waals surface area contributed by atoms with E-state index in [1.54, 1.807) is 0 Å². The summed E-state index contributed by atoms with van der Waals surface area (Å²) < 4.78 is 0. The molecule has 1 heterocycles. The molecule has 1 aromatic heterocycles. The molecule has 0 aliphatic carbocycles. The number of carboxylic acids is 1. The summed E-state index contributed by atoms with van der Waals surface area (Å²) >= 11 is 0. The monoisotopic (exact) mass is 208 g/mol. The van der Waals surface area contributed by atoms with Gasteiger partial charge in [-0.2, -0.15) is 0 Å². The Morgan fingerprint density at radius 1 is 1.53 bits per heavy atom. The maximum Gasteiger partial charge on any atom is 0.337 e. The first-order valence-electron chi connectivity index (χ1n) is 4.59. The van der Waals surface area contributed by atoms with Gasteiger partial charge >= 0.3 is 5.97 Å². The molecule has 0 aliphatic rings. The molecule has 0 unspecified atom stereocenters. The average Bonchev–Trinajstić information content (AvgIpc) is 2.26. The fourth-order valence-corrected chi connectivity index (χ4v) is 1.16. The summed E-state index contributed by atoms with van der Waals surface area (Å²) in [5, 5.41) is 20.5. The van der Waals surface area contributed by atoms with Crippen LogP contribution >= 0.6 is 0 Å². The van der Waals surface area contributed by atoms with E-state index in [0.29, 0.717) is 17.8 Å². The van der Waals surface area contributed by atoms with Gasteiger partial charge in [0.05, 0.1) is 11.3 Å². The van der Waals surface area contributed by atoms with Gasteiger partial charge < -0.3 is 10.3 Å². The zero-order valence-electron chi connectivity index (χ0n) is 8.34. The van der Waals surface area contributed by atoms with E-state index in [1.807, 2.05) is 6.92 Å². The topological polar surface area (TPSA) is 82.8 Å². The van der Waals surface area contributed by atoms with Gasteiger partial charge in [-0.15, -0.1) is 0 Å². The summed E-state index contributed by atoms with van der Waals surface area (Å²) in [7, 11) is 0. The van der Waals surface area contributed by atoms with Crippen molar-refractivity contribution in [3.63, 3.8) is 0 Å². The number of oxime groups is 1. The van der Waals surface area contributed by atoms with Crippen LogP contribution in [0.3, 0.4) is 0 Å². The van der Waals surface area contributed by atoms with Gasteiger partial charge in [0.1, 0.15) is 5.71 Å². The lowest BCUT2D eigenvalue weighted by atomic mass is 10.1. The molecule has 0 spiro atoms. The number of nitrogens with zero attached hydrogens (tertiary/aromatic N) is 2. The van der Waals surface area contributed by atoms with Crippen LogP contribution in [0.5, 0.6) is 0 Å². The fourth-order valence-electron chi connectivity index (χ4n) is 1.16.